The Kier molecular flexibility index (Phi) is 3.49. The molecule has 0 saturated carbocycles. The number of aliphatic carboxylic acids is 1. The van der Waals surface area contributed by atoms with Crippen LogP contribution in [-0.4, -0.2) is 33.0 Å². The molecule has 1 saturated heterocycles. The second-order valence-corrected chi connectivity index (χ2v) is 5.54. The lowest BCUT2D eigenvalue weighted by Crippen LogP contribution is -2.55. The zero-order valence-corrected chi connectivity index (χ0v) is 11.0. The van der Waals surface area contributed by atoms with Crippen LogP contribution in [0.15, 0.2) is 10.9 Å². The molecule has 0 amide bonds. The van der Waals surface area contributed by atoms with Crippen LogP contribution in [0.4, 0.5) is 0 Å². The molecule has 1 aliphatic heterocycles. The second kappa shape index (κ2) is 4.74. The van der Waals surface area contributed by atoms with E-state index in [9.17, 15) is 9.90 Å². The van der Waals surface area contributed by atoms with Crippen LogP contribution in [0, 0.1) is 0 Å². The maximum absolute atomic E-state index is 11.5. The first-order chi connectivity index (χ1) is 8.05. The van der Waals surface area contributed by atoms with E-state index in [1.165, 1.54) is 0 Å². The number of aromatic nitrogens is 1. The van der Waals surface area contributed by atoms with Gasteiger partial charge in [-0.05, 0) is 39.7 Å². The van der Waals surface area contributed by atoms with Crippen molar-refractivity contribution in [3.63, 3.8) is 0 Å². The van der Waals surface area contributed by atoms with Gasteiger partial charge in [-0.25, -0.2) is 4.98 Å². The molecule has 0 bridgehead atoms. The van der Waals surface area contributed by atoms with Gasteiger partial charge in [-0.2, -0.15) is 0 Å². The van der Waals surface area contributed by atoms with Gasteiger partial charge in [0.05, 0.1) is 17.2 Å². The molecule has 1 aromatic heterocycles. The number of piperidine rings is 1. The molecule has 1 fully saturated rings. The lowest BCUT2D eigenvalue weighted by Gasteiger charge is -2.44. The minimum absolute atomic E-state index is 0.0719. The van der Waals surface area contributed by atoms with Gasteiger partial charge in [0.15, 0.2) is 0 Å². The molecule has 0 aromatic carbocycles. The summed E-state index contributed by atoms with van der Waals surface area (Å²) in [6.07, 6.45) is 2.78. The summed E-state index contributed by atoms with van der Waals surface area (Å²) in [6.45, 7) is 4.71. The fraction of sp³-hybridized carbons (Fsp3) is 0.667. The third kappa shape index (κ3) is 2.21. The number of hydrogen-bond donors (Lipinski definition) is 1. The molecule has 0 radical (unpaired) electrons. The molecule has 1 N–H and O–H groups in total. The van der Waals surface area contributed by atoms with Gasteiger partial charge in [0.1, 0.15) is 5.54 Å². The van der Waals surface area contributed by atoms with Gasteiger partial charge in [-0.3, -0.25) is 9.69 Å². The Hall–Kier alpha value is -0.940. The summed E-state index contributed by atoms with van der Waals surface area (Å²) in [4.78, 5) is 17.9. The van der Waals surface area contributed by atoms with E-state index in [1.54, 1.807) is 16.8 Å². The van der Waals surface area contributed by atoms with E-state index in [0.717, 1.165) is 31.5 Å². The number of nitrogens with zero attached hydrogens (tertiary/aromatic N) is 2. The van der Waals surface area contributed by atoms with Gasteiger partial charge in [0.2, 0.25) is 0 Å². The quantitative estimate of drug-likeness (QED) is 0.900. The fourth-order valence-electron chi connectivity index (χ4n) is 2.58. The molecular formula is C12H18N2O2S. The number of carboxylic acids is 1. The van der Waals surface area contributed by atoms with Crippen LogP contribution in [0.25, 0.3) is 0 Å². The van der Waals surface area contributed by atoms with Gasteiger partial charge >= 0.3 is 5.97 Å². The maximum atomic E-state index is 11.5. The van der Waals surface area contributed by atoms with Crippen molar-refractivity contribution in [2.45, 2.75) is 44.7 Å². The normalized spacial score (nSPS) is 27.9. The van der Waals surface area contributed by atoms with Crippen LogP contribution in [0.1, 0.15) is 44.8 Å². The van der Waals surface area contributed by atoms with Crippen molar-refractivity contribution in [3.05, 3.63) is 16.6 Å². The van der Waals surface area contributed by atoms with Gasteiger partial charge in [0.25, 0.3) is 0 Å². The molecule has 0 aliphatic carbocycles. The first kappa shape index (κ1) is 12.5. The van der Waals surface area contributed by atoms with E-state index >= 15 is 0 Å². The third-order valence-electron chi connectivity index (χ3n) is 3.75. The highest BCUT2D eigenvalue weighted by molar-refractivity contribution is 7.07. The molecule has 2 heterocycles. The molecular weight excluding hydrogens is 236 g/mol. The van der Waals surface area contributed by atoms with Crippen LogP contribution in [0.2, 0.25) is 0 Å². The summed E-state index contributed by atoms with van der Waals surface area (Å²) >= 11 is 1.56. The minimum Gasteiger partial charge on any atom is -0.480 e. The first-order valence-electron chi connectivity index (χ1n) is 5.94. The Balaban J connectivity index is 2.25. The largest absolute Gasteiger partial charge is 0.480 e. The van der Waals surface area contributed by atoms with E-state index in [1.807, 2.05) is 19.2 Å². The summed E-state index contributed by atoms with van der Waals surface area (Å²) in [5.41, 5.74) is 2.03. The van der Waals surface area contributed by atoms with E-state index in [-0.39, 0.29) is 6.04 Å². The van der Waals surface area contributed by atoms with E-state index < -0.39 is 11.5 Å². The summed E-state index contributed by atoms with van der Waals surface area (Å²) in [5, 5.41) is 11.5. The van der Waals surface area contributed by atoms with E-state index in [4.69, 9.17) is 0 Å². The Labute approximate surface area is 105 Å². The van der Waals surface area contributed by atoms with Crippen molar-refractivity contribution in [3.8, 4) is 0 Å². The molecule has 2 rings (SSSR count). The lowest BCUT2D eigenvalue weighted by atomic mass is 9.87. The van der Waals surface area contributed by atoms with Crippen molar-refractivity contribution >= 4 is 17.3 Å². The molecule has 4 nitrogen and oxygen atoms in total. The van der Waals surface area contributed by atoms with Crippen LogP contribution in [-0.2, 0) is 4.79 Å². The Morgan fingerprint density at radius 2 is 2.41 bits per heavy atom. The zero-order valence-electron chi connectivity index (χ0n) is 10.2. The standard InChI is InChI=1S/C12H18N2O2S/c1-9(10-7-17-8-13-10)14-6-4-3-5-12(14,2)11(15)16/h7-9H,3-6H2,1-2H3,(H,15,16). The van der Waals surface area contributed by atoms with Crippen LogP contribution >= 0.6 is 11.3 Å². The van der Waals surface area contributed by atoms with Crippen LogP contribution in [0.3, 0.4) is 0 Å². The van der Waals surface area contributed by atoms with Crippen LogP contribution in [0.5, 0.6) is 0 Å². The number of hydrogen-bond acceptors (Lipinski definition) is 4. The number of thiazole rings is 1. The highest BCUT2D eigenvalue weighted by atomic mass is 32.1. The Morgan fingerprint density at radius 3 is 3.00 bits per heavy atom. The zero-order chi connectivity index (χ0) is 12.5. The molecule has 5 heteroatoms. The first-order valence-corrected chi connectivity index (χ1v) is 6.88. The summed E-state index contributed by atoms with van der Waals surface area (Å²) in [6, 6.07) is 0.0719. The minimum atomic E-state index is -0.749. The number of carbonyl (C=O) groups is 1. The third-order valence-corrected chi connectivity index (χ3v) is 4.36. The summed E-state index contributed by atoms with van der Waals surface area (Å²) < 4.78 is 0. The van der Waals surface area contributed by atoms with Crippen molar-refractivity contribution in [1.82, 2.24) is 9.88 Å². The SMILES string of the molecule is CC(c1cscn1)N1CCCCC1(C)C(=O)O. The predicted molar refractivity (Wildman–Crippen MR) is 67.1 cm³/mol. The van der Waals surface area contributed by atoms with Crippen molar-refractivity contribution < 1.29 is 9.90 Å². The smallest absolute Gasteiger partial charge is 0.323 e. The average Bonchev–Trinajstić information content (AvgIpc) is 2.82. The highest BCUT2D eigenvalue weighted by Crippen LogP contribution is 2.35. The van der Waals surface area contributed by atoms with Gasteiger partial charge in [-0.1, -0.05) is 0 Å². The number of rotatable bonds is 3. The van der Waals surface area contributed by atoms with Crippen molar-refractivity contribution in [1.29, 1.82) is 0 Å². The molecule has 17 heavy (non-hydrogen) atoms. The fourth-order valence-corrected chi connectivity index (χ4v) is 3.22. The average molecular weight is 254 g/mol. The molecule has 94 valence electrons. The lowest BCUT2D eigenvalue weighted by molar-refractivity contribution is -0.155. The molecule has 2 unspecified atom stereocenters. The molecule has 0 spiro atoms. The van der Waals surface area contributed by atoms with Crippen molar-refractivity contribution in [2.24, 2.45) is 0 Å². The monoisotopic (exact) mass is 254 g/mol. The Morgan fingerprint density at radius 1 is 1.65 bits per heavy atom. The van der Waals surface area contributed by atoms with Gasteiger partial charge in [0, 0.05) is 5.38 Å². The van der Waals surface area contributed by atoms with Crippen molar-refractivity contribution in [2.75, 3.05) is 6.54 Å². The van der Waals surface area contributed by atoms with E-state index in [2.05, 4.69) is 9.88 Å². The second-order valence-electron chi connectivity index (χ2n) is 4.82. The number of carboxylic acid groups (broad SMARTS) is 1. The topological polar surface area (TPSA) is 53.4 Å². The summed E-state index contributed by atoms with van der Waals surface area (Å²) in [5.74, 6) is -0.723. The Bertz CT molecular complexity index is 393. The van der Waals surface area contributed by atoms with Crippen LogP contribution < -0.4 is 0 Å². The van der Waals surface area contributed by atoms with Gasteiger partial charge in [-0.15, -0.1) is 11.3 Å². The molecule has 2 atom stereocenters. The van der Waals surface area contributed by atoms with Gasteiger partial charge < -0.3 is 5.11 Å². The van der Waals surface area contributed by atoms with E-state index in [0.29, 0.717) is 0 Å². The summed E-state index contributed by atoms with van der Waals surface area (Å²) in [7, 11) is 0. The molecule has 1 aliphatic rings. The maximum Gasteiger partial charge on any atom is 0.323 e. The number of likely N-dealkylation sites (tertiary alicyclic amines) is 1. The molecule has 1 aromatic rings. The predicted octanol–water partition coefficient (Wildman–Crippen LogP) is 2.53. The highest BCUT2D eigenvalue weighted by Gasteiger charge is 2.43.